The number of ketones is 1. The second-order valence-corrected chi connectivity index (χ2v) is 9.43. The van der Waals surface area contributed by atoms with Gasteiger partial charge in [0.25, 0.3) is 0 Å². The smallest absolute Gasteiger partial charge is 0.229 e. The lowest BCUT2D eigenvalue weighted by atomic mass is 10.0. The number of aromatic nitrogens is 1. The van der Waals surface area contributed by atoms with Crippen LogP contribution in [-0.2, 0) is 23.5 Å². The zero-order chi connectivity index (χ0) is 21.3. The van der Waals surface area contributed by atoms with Crippen molar-refractivity contribution in [1.82, 2.24) is 4.57 Å². The fourth-order valence-corrected chi connectivity index (χ4v) is 4.13. The molecule has 5 nitrogen and oxygen atoms in total. The van der Waals surface area contributed by atoms with Crippen LogP contribution in [0.5, 0.6) is 0 Å². The van der Waals surface area contributed by atoms with Gasteiger partial charge in [0.15, 0.2) is 0 Å². The molecule has 0 radical (unpaired) electrons. The number of hydrogen-bond acceptors (Lipinski definition) is 3. The Kier molecular flexibility index (Phi) is 5.87. The highest BCUT2D eigenvalue weighted by atomic mass is 35.5. The number of carbonyl (C=O) groups is 1. The summed E-state index contributed by atoms with van der Waals surface area (Å²) in [5.41, 5.74) is 5.52. The van der Waals surface area contributed by atoms with Gasteiger partial charge in [-0.1, -0.05) is 47.5 Å². The highest BCUT2D eigenvalue weighted by Crippen LogP contribution is 2.26. The predicted molar refractivity (Wildman–Crippen MR) is 117 cm³/mol. The molecule has 1 N–H and O–H groups in total. The van der Waals surface area contributed by atoms with Gasteiger partial charge in [-0.2, -0.15) is 0 Å². The Morgan fingerprint density at radius 1 is 1.07 bits per heavy atom. The molecule has 0 unspecified atom stereocenters. The van der Waals surface area contributed by atoms with Gasteiger partial charge in [-0.15, -0.1) is 0 Å². The van der Waals surface area contributed by atoms with Crippen molar-refractivity contribution in [2.45, 2.75) is 20.3 Å². The Labute approximate surface area is 176 Å². The SMILES string of the molecule is Cc1ccc(C(=O)c2c(C)cc(Cc3ccc(NS(C)(=O)=O)cc3Cl)n2C)cc1. The third-order valence-electron chi connectivity index (χ3n) is 4.78. The van der Waals surface area contributed by atoms with Gasteiger partial charge < -0.3 is 4.57 Å². The quantitative estimate of drug-likeness (QED) is 0.586. The zero-order valence-corrected chi connectivity index (χ0v) is 18.4. The molecule has 0 fully saturated rings. The molecule has 1 aromatic heterocycles. The van der Waals surface area contributed by atoms with E-state index in [0.29, 0.717) is 28.4 Å². The molecule has 152 valence electrons. The number of carbonyl (C=O) groups excluding carboxylic acids is 1. The van der Waals surface area contributed by atoms with Crippen molar-refractivity contribution < 1.29 is 13.2 Å². The van der Waals surface area contributed by atoms with Crippen LogP contribution in [0.3, 0.4) is 0 Å². The van der Waals surface area contributed by atoms with Gasteiger partial charge in [-0.05, 0) is 43.2 Å². The van der Waals surface area contributed by atoms with E-state index in [1.807, 2.05) is 55.8 Å². The summed E-state index contributed by atoms with van der Waals surface area (Å²) >= 11 is 6.37. The lowest BCUT2D eigenvalue weighted by Gasteiger charge is -2.11. The van der Waals surface area contributed by atoms with Gasteiger partial charge in [0.05, 0.1) is 11.9 Å². The van der Waals surface area contributed by atoms with E-state index in [0.717, 1.165) is 28.6 Å². The van der Waals surface area contributed by atoms with Crippen LogP contribution >= 0.6 is 11.6 Å². The minimum Gasteiger partial charge on any atom is -0.344 e. The lowest BCUT2D eigenvalue weighted by molar-refractivity contribution is 0.103. The number of halogens is 1. The minimum atomic E-state index is -3.36. The molecule has 0 bridgehead atoms. The summed E-state index contributed by atoms with van der Waals surface area (Å²) in [5.74, 6) is -0.0185. The van der Waals surface area contributed by atoms with Crippen LogP contribution in [0, 0.1) is 13.8 Å². The predicted octanol–water partition coefficient (Wildman–Crippen LogP) is 4.49. The first-order valence-corrected chi connectivity index (χ1v) is 11.3. The van der Waals surface area contributed by atoms with Gasteiger partial charge in [0.2, 0.25) is 15.8 Å². The molecule has 1 heterocycles. The fourth-order valence-electron chi connectivity index (χ4n) is 3.33. The average Bonchev–Trinajstić information content (AvgIpc) is 2.89. The van der Waals surface area contributed by atoms with Gasteiger partial charge in [-0.25, -0.2) is 8.42 Å². The van der Waals surface area contributed by atoms with Crippen LogP contribution < -0.4 is 4.72 Å². The van der Waals surface area contributed by atoms with E-state index in [-0.39, 0.29) is 5.78 Å². The number of rotatable bonds is 6. The van der Waals surface area contributed by atoms with Crippen LogP contribution in [-0.4, -0.2) is 25.0 Å². The molecule has 0 saturated carbocycles. The molecule has 0 aliphatic heterocycles. The summed E-state index contributed by atoms with van der Waals surface area (Å²) in [5, 5.41) is 0.462. The number of aryl methyl sites for hydroxylation is 2. The molecule has 7 heteroatoms. The van der Waals surface area contributed by atoms with Crippen LogP contribution in [0.1, 0.15) is 38.4 Å². The maximum Gasteiger partial charge on any atom is 0.229 e. The largest absolute Gasteiger partial charge is 0.344 e. The maximum atomic E-state index is 13.0. The molecule has 0 aliphatic carbocycles. The summed E-state index contributed by atoms with van der Waals surface area (Å²) in [6, 6.07) is 14.6. The maximum absolute atomic E-state index is 13.0. The Morgan fingerprint density at radius 3 is 2.31 bits per heavy atom. The summed E-state index contributed by atoms with van der Waals surface area (Å²) in [6.07, 6.45) is 1.62. The molecule has 29 heavy (non-hydrogen) atoms. The van der Waals surface area contributed by atoms with E-state index >= 15 is 0 Å². The highest BCUT2D eigenvalue weighted by Gasteiger charge is 2.19. The first kappa shape index (κ1) is 21.1. The number of sulfonamides is 1. The van der Waals surface area contributed by atoms with E-state index in [1.54, 1.807) is 18.2 Å². The van der Waals surface area contributed by atoms with Crippen molar-refractivity contribution in [3.05, 3.63) is 87.2 Å². The van der Waals surface area contributed by atoms with Gasteiger partial charge in [-0.3, -0.25) is 9.52 Å². The van der Waals surface area contributed by atoms with E-state index in [2.05, 4.69) is 4.72 Å². The average molecular weight is 431 g/mol. The zero-order valence-electron chi connectivity index (χ0n) is 16.8. The van der Waals surface area contributed by atoms with Crippen molar-refractivity contribution in [1.29, 1.82) is 0 Å². The minimum absolute atomic E-state index is 0.0185. The van der Waals surface area contributed by atoms with E-state index < -0.39 is 10.0 Å². The van der Waals surface area contributed by atoms with Crippen molar-refractivity contribution in [3.8, 4) is 0 Å². The first-order valence-electron chi connectivity index (χ1n) is 9.08. The van der Waals surface area contributed by atoms with Gasteiger partial charge in [0, 0.05) is 35.4 Å². The topological polar surface area (TPSA) is 68.2 Å². The molecular weight excluding hydrogens is 408 g/mol. The summed E-state index contributed by atoms with van der Waals surface area (Å²) in [4.78, 5) is 13.0. The van der Waals surface area contributed by atoms with E-state index in [4.69, 9.17) is 11.6 Å². The van der Waals surface area contributed by atoms with Crippen LogP contribution in [0.15, 0.2) is 48.5 Å². The summed E-state index contributed by atoms with van der Waals surface area (Å²) in [7, 11) is -1.49. The summed E-state index contributed by atoms with van der Waals surface area (Å²) in [6.45, 7) is 3.91. The number of nitrogens with zero attached hydrogens (tertiary/aromatic N) is 1. The summed E-state index contributed by atoms with van der Waals surface area (Å²) < 4.78 is 27.1. The lowest BCUT2D eigenvalue weighted by Crippen LogP contribution is -2.11. The molecule has 2 aromatic carbocycles. The van der Waals surface area contributed by atoms with E-state index in [9.17, 15) is 13.2 Å². The van der Waals surface area contributed by atoms with Crippen molar-refractivity contribution >= 4 is 33.1 Å². The second kappa shape index (κ2) is 8.05. The normalized spacial score (nSPS) is 11.5. The first-order chi connectivity index (χ1) is 13.5. The Balaban J connectivity index is 1.89. The molecule has 3 aromatic rings. The Hall–Kier alpha value is -2.57. The Morgan fingerprint density at radius 2 is 1.72 bits per heavy atom. The molecule has 0 aliphatic rings. The van der Waals surface area contributed by atoms with Crippen molar-refractivity contribution in [2.24, 2.45) is 7.05 Å². The third-order valence-corrected chi connectivity index (χ3v) is 5.74. The van der Waals surface area contributed by atoms with E-state index in [1.165, 1.54) is 0 Å². The number of hydrogen-bond donors (Lipinski definition) is 1. The standard InChI is InChI=1S/C22H23ClN2O3S/c1-14-5-7-16(8-6-14)22(26)21-15(2)11-19(25(21)3)12-17-9-10-18(13-20(17)23)24-29(4,27)28/h5-11,13,24H,12H2,1-4H3. The van der Waals surface area contributed by atoms with Crippen LogP contribution in [0.4, 0.5) is 5.69 Å². The fraction of sp³-hybridized carbons (Fsp3) is 0.227. The third kappa shape index (κ3) is 4.89. The number of nitrogens with one attached hydrogen (secondary N) is 1. The molecule has 0 amide bonds. The monoisotopic (exact) mass is 430 g/mol. The molecule has 3 rings (SSSR count). The van der Waals surface area contributed by atoms with Crippen LogP contribution in [0.2, 0.25) is 5.02 Å². The van der Waals surface area contributed by atoms with Gasteiger partial charge in [0.1, 0.15) is 0 Å². The molecule has 0 atom stereocenters. The number of benzene rings is 2. The molecule has 0 spiro atoms. The highest BCUT2D eigenvalue weighted by molar-refractivity contribution is 7.92. The van der Waals surface area contributed by atoms with Crippen molar-refractivity contribution in [3.63, 3.8) is 0 Å². The molecular formula is C22H23ClN2O3S. The number of anilines is 1. The van der Waals surface area contributed by atoms with Gasteiger partial charge >= 0.3 is 0 Å². The second-order valence-electron chi connectivity index (χ2n) is 7.28. The van der Waals surface area contributed by atoms with Crippen molar-refractivity contribution in [2.75, 3.05) is 11.0 Å². The Bertz CT molecular complexity index is 1180. The van der Waals surface area contributed by atoms with Crippen LogP contribution in [0.25, 0.3) is 0 Å². The molecule has 0 saturated heterocycles.